The fourth-order valence-electron chi connectivity index (χ4n) is 3.21. The normalized spacial score (nSPS) is 15.1. The van der Waals surface area contributed by atoms with E-state index < -0.39 is 4.92 Å². The van der Waals surface area contributed by atoms with Crippen molar-refractivity contribution in [3.05, 3.63) is 93.3 Å². The summed E-state index contributed by atoms with van der Waals surface area (Å²) in [6, 6.07) is 17.1. The lowest BCUT2D eigenvalue weighted by atomic mass is 10.0. The maximum Gasteiger partial charge on any atom is 0.281 e. The molecule has 144 valence electrons. The van der Waals surface area contributed by atoms with Crippen LogP contribution in [0.2, 0.25) is 0 Å². The predicted octanol–water partition coefficient (Wildman–Crippen LogP) is 3.47. The summed E-state index contributed by atoms with van der Waals surface area (Å²) in [6.45, 7) is 1.86. The number of para-hydroxylation sites is 1. The predicted molar refractivity (Wildman–Crippen MR) is 109 cm³/mol. The van der Waals surface area contributed by atoms with Gasteiger partial charge in [0.2, 0.25) is 0 Å². The molecule has 0 atom stereocenters. The molecule has 2 aromatic carbocycles. The van der Waals surface area contributed by atoms with Crippen LogP contribution in [0.15, 0.2) is 71.3 Å². The van der Waals surface area contributed by atoms with Crippen molar-refractivity contribution < 1.29 is 9.72 Å². The van der Waals surface area contributed by atoms with E-state index in [0.717, 1.165) is 5.69 Å². The Kier molecular flexibility index (Phi) is 4.52. The number of nitrogens with zero attached hydrogens (tertiary/aromatic N) is 5. The second-order valence-corrected chi connectivity index (χ2v) is 6.61. The topological polar surface area (TPSA) is 93.6 Å². The van der Waals surface area contributed by atoms with Gasteiger partial charge in [0.25, 0.3) is 11.6 Å². The smallest absolute Gasteiger partial charge is 0.267 e. The van der Waals surface area contributed by atoms with Crippen molar-refractivity contribution in [1.82, 2.24) is 9.78 Å². The van der Waals surface area contributed by atoms with E-state index in [1.165, 1.54) is 17.1 Å². The Labute approximate surface area is 166 Å². The van der Waals surface area contributed by atoms with Crippen LogP contribution in [0, 0.1) is 17.0 Å². The minimum Gasteiger partial charge on any atom is -0.267 e. The fraction of sp³-hybridized carbons (Fsp3) is 0.0952. The van der Waals surface area contributed by atoms with Crippen LogP contribution in [0.25, 0.3) is 6.08 Å². The Morgan fingerprint density at radius 2 is 1.83 bits per heavy atom. The molecule has 0 N–H and O–H groups in total. The number of rotatable bonds is 4. The molecule has 0 bridgehead atoms. The lowest BCUT2D eigenvalue weighted by molar-refractivity contribution is -0.384. The molecule has 1 aliphatic rings. The Morgan fingerprint density at radius 3 is 2.48 bits per heavy atom. The zero-order chi connectivity index (χ0) is 20.5. The molecule has 3 aromatic rings. The Hall–Kier alpha value is -4.07. The van der Waals surface area contributed by atoms with Gasteiger partial charge in [-0.15, -0.1) is 0 Å². The van der Waals surface area contributed by atoms with Crippen LogP contribution in [0.4, 0.5) is 11.4 Å². The van der Waals surface area contributed by atoms with Crippen LogP contribution >= 0.6 is 0 Å². The molecule has 2 heterocycles. The second-order valence-electron chi connectivity index (χ2n) is 6.61. The summed E-state index contributed by atoms with van der Waals surface area (Å²) in [5.41, 5.74) is 3.43. The largest absolute Gasteiger partial charge is 0.281 e. The van der Waals surface area contributed by atoms with Gasteiger partial charge in [-0.25, -0.2) is 0 Å². The number of amides is 1. The highest BCUT2D eigenvalue weighted by molar-refractivity contribution is 6.37. The van der Waals surface area contributed by atoms with Gasteiger partial charge >= 0.3 is 0 Å². The second kappa shape index (κ2) is 7.16. The number of nitro benzene ring substituents is 1. The zero-order valence-corrected chi connectivity index (χ0v) is 15.8. The summed E-state index contributed by atoms with van der Waals surface area (Å²) < 4.78 is 1.66. The molecule has 0 aliphatic carbocycles. The van der Waals surface area contributed by atoms with E-state index in [1.807, 2.05) is 31.2 Å². The Bertz CT molecular complexity index is 1180. The fourth-order valence-corrected chi connectivity index (χ4v) is 3.21. The van der Waals surface area contributed by atoms with Crippen molar-refractivity contribution in [1.29, 1.82) is 0 Å². The van der Waals surface area contributed by atoms with Crippen LogP contribution in [-0.2, 0) is 11.8 Å². The number of carbonyl (C=O) groups excluding carboxylic acids is 1. The third-order valence-corrected chi connectivity index (χ3v) is 4.52. The van der Waals surface area contributed by atoms with Crippen LogP contribution < -0.4 is 5.01 Å². The molecule has 8 nitrogen and oxygen atoms in total. The maximum absolute atomic E-state index is 13.2. The molecular formula is C21H17N5O3. The summed E-state index contributed by atoms with van der Waals surface area (Å²) in [5, 5.41) is 21.3. The molecule has 8 heteroatoms. The molecule has 0 saturated heterocycles. The number of carbonyl (C=O) groups is 1. The molecule has 0 unspecified atom stereocenters. The average Bonchev–Trinajstić information content (AvgIpc) is 3.21. The van der Waals surface area contributed by atoms with Gasteiger partial charge in [0, 0.05) is 19.2 Å². The lowest BCUT2D eigenvalue weighted by Crippen LogP contribution is -2.21. The quantitative estimate of drug-likeness (QED) is 0.389. The lowest BCUT2D eigenvalue weighted by Gasteiger charge is -2.10. The van der Waals surface area contributed by atoms with E-state index >= 15 is 0 Å². The summed E-state index contributed by atoms with van der Waals surface area (Å²) in [5.74, 6) is -0.309. The molecule has 0 saturated carbocycles. The molecule has 1 aromatic heterocycles. The van der Waals surface area contributed by atoms with Gasteiger partial charge in [0.15, 0.2) is 0 Å². The summed E-state index contributed by atoms with van der Waals surface area (Å²) >= 11 is 0. The molecule has 0 spiro atoms. The first kappa shape index (κ1) is 18.3. The van der Waals surface area contributed by atoms with E-state index in [4.69, 9.17) is 0 Å². The number of aromatic nitrogens is 2. The summed E-state index contributed by atoms with van der Waals surface area (Å²) in [4.78, 5) is 23.8. The summed E-state index contributed by atoms with van der Waals surface area (Å²) in [7, 11) is 1.78. The molecule has 0 fully saturated rings. The monoisotopic (exact) mass is 387 g/mol. The van der Waals surface area contributed by atoms with Crippen LogP contribution in [0.3, 0.4) is 0 Å². The van der Waals surface area contributed by atoms with Gasteiger partial charge < -0.3 is 0 Å². The molecular weight excluding hydrogens is 370 g/mol. The van der Waals surface area contributed by atoms with E-state index in [-0.39, 0.29) is 11.6 Å². The van der Waals surface area contributed by atoms with Crippen molar-refractivity contribution in [2.75, 3.05) is 5.01 Å². The van der Waals surface area contributed by atoms with Gasteiger partial charge in [-0.1, -0.05) is 30.3 Å². The number of hydrogen-bond donors (Lipinski definition) is 0. The number of aryl methyl sites for hydroxylation is 2. The van der Waals surface area contributed by atoms with E-state index in [2.05, 4.69) is 10.2 Å². The maximum atomic E-state index is 13.2. The van der Waals surface area contributed by atoms with E-state index in [0.29, 0.717) is 28.2 Å². The van der Waals surface area contributed by atoms with Crippen molar-refractivity contribution in [3.8, 4) is 0 Å². The molecule has 1 aliphatic heterocycles. The average molecular weight is 387 g/mol. The SMILES string of the molecule is Cc1cc(C2=NN(c3ccccc3)C(=O)C2=Cc2cccc([N+](=O)[O-])c2)n(C)n1. The summed E-state index contributed by atoms with van der Waals surface area (Å²) in [6.07, 6.45) is 1.62. The third-order valence-electron chi connectivity index (χ3n) is 4.52. The van der Waals surface area contributed by atoms with Gasteiger partial charge in [0.05, 0.1) is 27.6 Å². The van der Waals surface area contributed by atoms with Crippen LogP contribution in [0.1, 0.15) is 17.0 Å². The van der Waals surface area contributed by atoms with E-state index in [1.54, 1.807) is 42.1 Å². The highest BCUT2D eigenvalue weighted by Gasteiger charge is 2.33. The Morgan fingerprint density at radius 1 is 1.07 bits per heavy atom. The molecule has 29 heavy (non-hydrogen) atoms. The Balaban J connectivity index is 1.85. The van der Waals surface area contributed by atoms with Gasteiger partial charge in [0.1, 0.15) is 5.71 Å². The standard InChI is InChI=1S/C21H17N5O3/c1-14-11-19(24(2)22-14)20-18(13-15-7-6-10-17(12-15)26(28)29)21(27)25(23-20)16-8-4-3-5-9-16/h3-13H,1-2H3. The molecule has 4 rings (SSSR count). The van der Waals surface area contributed by atoms with Crippen molar-refractivity contribution >= 4 is 29.1 Å². The number of anilines is 1. The molecule has 1 amide bonds. The first-order valence-electron chi connectivity index (χ1n) is 8.89. The first-order chi connectivity index (χ1) is 13.9. The zero-order valence-electron chi connectivity index (χ0n) is 15.8. The minimum absolute atomic E-state index is 0.0421. The number of hydrazone groups is 1. The number of benzene rings is 2. The van der Waals surface area contributed by atoms with Gasteiger partial charge in [-0.3, -0.25) is 19.6 Å². The highest BCUT2D eigenvalue weighted by Crippen LogP contribution is 2.28. The van der Waals surface area contributed by atoms with Crippen molar-refractivity contribution in [2.24, 2.45) is 12.1 Å². The first-order valence-corrected chi connectivity index (χ1v) is 8.89. The van der Waals surface area contributed by atoms with E-state index in [9.17, 15) is 14.9 Å². The molecule has 0 radical (unpaired) electrons. The van der Waals surface area contributed by atoms with Gasteiger partial charge in [-0.2, -0.15) is 15.2 Å². The van der Waals surface area contributed by atoms with Gasteiger partial charge in [-0.05, 0) is 36.8 Å². The van der Waals surface area contributed by atoms with Crippen molar-refractivity contribution in [2.45, 2.75) is 6.92 Å². The van der Waals surface area contributed by atoms with Crippen molar-refractivity contribution in [3.63, 3.8) is 0 Å². The highest BCUT2D eigenvalue weighted by atomic mass is 16.6. The number of nitro groups is 1. The number of non-ortho nitro benzene ring substituents is 1. The number of hydrogen-bond acceptors (Lipinski definition) is 5. The third kappa shape index (κ3) is 3.43. The van der Waals surface area contributed by atoms with Crippen LogP contribution in [-0.4, -0.2) is 26.3 Å². The van der Waals surface area contributed by atoms with Crippen LogP contribution in [0.5, 0.6) is 0 Å². The minimum atomic E-state index is -0.464.